The number of nitrogens with zero attached hydrogens (tertiary/aromatic N) is 2. The van der Waals surface area contributed by atoms with E-state index in [2.05, 4.69) is 10.5 Å². The molecule has 0 aromatic heterocycles. The van der Waals surface area contributed by atoms with E-state index >= 15 is 0 Å². The van der Waals surface area contributed by atoms with Crippen LogP contribution in [0.5, 0.6) is 11.5 Å². The van der Waals surface area contributed by atoms with Gasteiger partial charge in [0.25, 0.3) is 0 Å². The Balaban J connectivity index is 2.02. The van der Waals surface area contributed by atoms with Crippen molar-refractivity contribution in [3.05, 3.63) is 53.2 Å². The molecule has 2 aromatic rings. The van der Waals surface area contributed by atoms with E-state index in [0.29, 0.717) is 26.2 Å². The molecule has 0 amide bonds. The number of nitrogens with one attached hydrogen (secondary N) is 1. The van der Waals surface area contributed by atoms with Crippen molar-refractivity contribution in [3.8, 4) is 11.5 Å². The Bertz CT molecular complexity index is 883. The van der Waals surface area contributed by atoms with Gasteiger partial charge in [-0.05, 0) is 35.5 Å². The Morgan fingerprint density at radius 1 is 1.12 bits per heavy atom. The molecule has 1 aliphatic heterocycles. The maximum Gasteiger partial charge on any atom is 0.246 e. The second kappa shape index (κ2) is 7.26. The first-order valence-electron chi connectivity index (χ1n) is 7.62. The van der Waals surface area contributed by atoms with Crippen molar-refractivity contribution < 1.29 is 17.5 Å². The third kappa shape index (κ3) is 3.84. The summed E-state index contributed by atoms with van der Waals surface area (Å²) in [4.78, 5) is 10.6. The number of hydrogen-bond donors (Lipinski definition) is 1. The second-order valence-corrected chi connectivity index (χ2v) is 7.34. The molecule has 1 saturated heterocycles. The minimum atomic E-state index is -3.88. The number of halogens is 1. The smallest absolute Gasteiger partial charge is 0.246 e. The van der Waals surface area contributed by atoms with Gasteiger partial charge in [0, 0.05) is 32.2 Å². The average Bonchev–Trinajstić information content (AvgIpc) is 2.63. The van der Waals surface area contributed by atoms with Gasteiger partial charge in [-0.2, -0.15) is 4.31 Å². The van der Waals surface area contributed by atoms with E-state index in [1.54, 1.807) is 0 Å². The second-order valence-electron chi connectivity index (χ2n) is 5.44. The molecule has 0 atom stereocenters. The zero-order valence-corrected chi connectivity index (χ0v) is 14.0. The van der Waals surface area contributed by atoms with Crippen LogP contribution < -0.4 is 10.1 Å². The fourth-order valence-electron chi connectivity index (χ4n) is 2.52. The summed E-state index contributed by atoms with van der Waals surface area (Å²) < 4.78 is 46.1. The van der Waals surface area contributed by atoms with E-state index in [1.807, 2.05) is 0 Å². The molecule has 7 nitrogen and oxygen atoms in total. The van der Waals surface area contributed by atoms with Crippen LogP contribution in [0.3, 0.4) is 0 Å². The van der Waals surface area contributed by atoms with Gasteiger partial charge in [0.15, 0.2) is 0 Å². The van der Waals surface area contributed by atoms with Gasteiger partial charge in [0.05, 0.1) is 0 Å². The normalized spacial score (nSPS) is 15.7. The van der Waals surface area contributed by atoms with Crippen molar-refractivity contribution in [2.75, 3.05) is 26.2 Å². The fourth-order valence-corrected chi connectivity index (χ4v) is 4.10. The van der Waals surface area contributed by atoms with Crippen molar-refractivity contribution in [1.29, 1.82) is 0 Å². The maximum atomic E-state index is 13.3. The number of piperazine rings is 1. The predicted octanol–water partition coefficient (Wildman–Crippen LogP) is 2.61. The fraction of sp³-hybridized carbons (Fsp3) is 0.250. The lowest BCUT2D eigenvalue weighted by Gasteiger charge is -2.27. The van der Waals surface area contributed by atoms with Gasteiger partial charge < -0.3 is 10.1 Å². The highest BCUT2D eigenvalue weighted by molar-refractivity contribution is 7.89. The molecule has 0 saturated carbocycles. The molecular weight excluding hydrogens is 349 g/mol. The third-order valence-electron chi connectivity index (χ3n) is 3.75. The summed E-state index contributed by atoms with van der Waals surface area (Å²) in [5, 5.41) is 5.87. The van der Waals surface area contributed by atoms with E-state index in [0.717, 1.165) is 6.07 Å². The first-order chi connectivity index (χ1) is 12.0. The quantitative estimate of drug-likeness (QED) is 0.823. The van der Waals surface area contributed by atoms with Crippen LogP contribution in [0, 0.1) is 10.7 Å². The topological polar surface area (TPSA) is 88.1 Å². The van der Waals surface area contributed by atoms with Gasteiger partial charge in [-0.25, -0.2) is 12.8 Å². The number of ether oxygens (including phenoxy) is 1. The lowest BCUT2D eigenvalue weighted by atomic mass is 10.3. The minimum Gasteiger partial charge on any atom is -0.456 e. The average molecular weight is 365 g/mol. The highest BCUT2D eigenvalue weighted by atomic mass is 32.2. The van der Waals surface area contributed by atoms with Crippen LogP contribution >= 0.6 is 0 Å². The highest BCUT2D eigenvalue weighted by Crippen LogP contribution is 2.34. The van der Waals surface area contributed by atoms with Crippen LogP contribution in [-0.4, -0.2) is 38.9 Å². The molecule has 1 heterocycles. The van der Waals surface area contributed by atoms with E-state index in [4.69, 9.17) is 4.74 Å². The van der Waals surface area contributed by atoms with Crippen molar-refractivity contribution in [2.45, 2.75) is 4.90 Å². The lowest BCUT2D eigenvalue weighted by Crippen LogP contribution is -2.46. The number of rotatable bonds is 5. The summed E-state index contributed by atoms with van der Waals surface area (Å²) in [6, 6.07) is 9.22. The Morgan fingerprint density at radius 2 is 1.88 bits per heavy atom. The summed E-state index contributed by atoms with van der Waals surface area (Å²) in [7, 11) is -3.88. The predicted molar refractivity (Wildman–Crippen MR) is 90.0 cm³/mol. The molecule has 0 radical (unpaired) electrons. The monoisotopic (exact) mass is 365 g/mol. The Morgan fingerprint density at radius 3 is 2.56 bits per heavy atom. The number of hydrogen-bond acceptors (Lipinski definition) is 6. The summed E-state index contributed by atoms with van der Waals surface area (Å²) in [5.74, 6) is -0.338. The standard InChI is InChI=1S/C16H16FN3O4S/c17-12-2-1-3-14(10-12)24-15-5-4-13(19-21)11-16(15)25(22,23)20-8-6-18-7-9-20/h1-5,10-11,18H,6-9H2. The molecule has 0 spiro atoms. The van der Waals surface area contributed by atoms with Crippen LogP contribution in [-0.2, 0) is 10.0 Å². The molecule has 132 valence electrons. The molecule has 3 rings (SSSR count). The van der Waals surface area contributed by atoms with Crippen molar-refractivity contribution in [1.82, 2.24) is 9.62 Å². The van der Waals surface area contributed by atoms with E-state index in [-0.39, 0.29) is 22.1 Å². The summed E-state index contributed by atoms with van der Waals surface area (Å²) >= 11 is 0. The molecule has 1 aliphatic rings. The maximum absolute atomic E-state index is 13.3. The number of benzene rings is 2. The molecule has 0 unspecified atom stereocenters. The Hall–Kier alpha value is -2.36. The van der Waals surface area contributed by atoms with E-state index < -0.39 is 15.8 Å². The molecule has 1 fully saturated rings. The van der Waals surface area contributed by atoms with Gasteiger partial charge in [0.2, 0.25) is 10.0 Å². The van der Waals surface area contributed by atoms with Crippen LogP contribution in [0.2, 0.25) is 0 Å². The van der Waals surface area contributed by atoms with Crippen LogP contribution in [0.4, 0.5) is 10.1 Å². The third-order valence-corrected chi connectivity index (χ3v) is 5.67. The minimum absolute atomic E-state index is 0.0107. The van der Waals surface area contributed by atoms with Crippen LogP contribution in [0.25, 0.3) is 0 Å². The Labute approximate surface area is 144 Å². The van der Waals surface area contributed by atoms with Crippen molar-refractivity contribution >= 4 is 15.7 Å². The first kappa shape index (κ1) is 17.5. The highest BCUT2D eigenvalue weighted by Gasteiger charge is 2.29. The van der Waals surface area contributed by atoms with Gasteiger partial charge in [0.1, 0.15) is 27.9 Å². The van der Waals surface area contributed by atoms with Gasteiger partial charge in [-0.3, -0.25) is 0 Å². The Kier molecular flexibility index (Phi) is 5.07. The molecule has 0 bridgehead atoms. The van der Waals surface area contributed by atoms with Gasteiger partial charge >= 0.3 is 0 Å². The first-order valence-corrected chi connectivity index (χ1v) is 9.06. The SMILES string of the molecule is O=Nc1ccc(Oc2cccc(F)c2)c(S(=O)(=O)N2CCNCC2)c1. The molecular formula is C16H16FN3O4S. The zero-order valence-electron chi connectivity index (χ0n) is 13.2. The van der Waals surface area contributed by atoms with E-state index in [9.17, 15) is 17.7 Å². The van der Waals surface area contributed by atoms with Crippen LogP contribution in [0.15, 0.2) is 52.5 Å². The van der Waals surface area contributed by atoms with Gasteiger partial charge in [-0.15, -0.1) is 4.91 Å². The zero-order chi connectivity index (χ0) is 17.9. The largest absolute Gasteiger partial charge is 0.456 e. The van der Waals surface area contributed by atoms with Crippen molar-refractivity contribution in [2.24, 2.45) is 5.18 Å². The number of nitroso groups, excluding NO2 is 1. The molecule has 9 heteroatoms. The molecule has 1 N–H and O–H groups in total. The lowest BCUT2D eigenvalue weighted by molar-refractivity contribution is 0.358. The number of sulfonamides is 1. The molecule has 25 heavy (non-hydrogen) atoms. The molecule has 0 aliphatic carbocycles. The van der Waals surface area contributed by atoms with Gasteiger partial charge in [-0.1, -0.05) is 6.07 Å². The summed E-state index contributed by atoms with van der Waals surface area (Å²) in [6.07, 6.45) is 0. The molecule has 2 aromatic carbocycles. The van der Waals surface area contributed by atoms with Crippen molar-refractivity contribution in [3.63, 3.8) is 0 Å². The summed E-state index contributed by atoms with van der Waals surface area (Å²) in [6.45, 7) is 1.68. The van der Waals surface area contributed by atoms with E-state index in [1.165, 1.54) is 40.7 Å². The summed E-state index contributed by atoms with van der Waals surface area (Å²) in [5.41, 5.74) is -0.0275. The van der Waals surface area contributed by atoms with Crippen LogP contribution in [0.1, 0.15) is 0 Å².